The van der Waals surface area contributed by atoms with E-state index in [1.807, 2.05) is 24.3 Å². The molecule has 3 aromatic heterocycles. The highest BCUT2D eigenvalue weighted by Crippen LogP contribution is 2.22. The lowest BCUT2D eigenvalue weighted by molar-refractivity contribution is 0.0883. The summed E-state index contributed by atoms with van der Waals surface area (Å²) in [6, 6.07) is 18.2. The Morgan fingerprint density at radius 3 is 2.82 bits per heavy atom. The van der Waals surface area contributed by atoms with Gasteiger partial charge in [0, 0.05) is 43.4 Å². The lowest BCUT2D eigenvalue weighted by Crippen LogP contribution is -2.43. The van der Waals surface area contributed by atoms with E-state index in [4.69, 9.17) is 0 Å². The van der Waals surface area contributed by atoms with E-state index < -0.39 is 0 Å². The van der Waals surface area contributed by atoms with Gasteiger partial charge in [-0.25, -0.2) is 4.98 Å². The summed E-state index contributed by atoms with van der Waals surface area (Å²) in [5.41, 5.74) is 4.00. The van der Waals surface area contributed by atoms with Gasteiger partial charge in [0.1, 0.15) is 23.3 Å². The summed E-state index contributed by atoms with van der Waals surface area (Å²) in [5, 5.41) is 34.0. The number of fused-ring (bicyclic) bond motifs is 1. The summed E-state index contributed by atoms with van der Waals surface area (Å²) in [6.45, 7) is 2.68. The van der Waals surface area contributed by atoms with Crippen molar-refractivity contribution in [1.29, 1.82) is 5.26 Å². The molecule has 0 unspecified atom stereocenters. The first-order valence-corrected chi connectivity index (χ1v) is 11.4. The largest absolute Gasteiger partial charge is 0.391 e. The second-order valence-corrected chi connectivity index (χ2v) is 8.40. The summed E-state index contributed by atoms with van der Waals surface area (Å²) >= 11 is 0. The van der Waals surface area contributed by atoms with Crippen LogP contribution in [0.25, 0.3) is 16.9 Å². The number of aliphatic hydroxyl groups is 1. The second kappa shape index (κ2) is 9.87. The van der Waals surface area contributed by atoms with E-state index in [2.05, 4.69) is 61.4 Å². The van der Waals surface area contributed by atoms with Crippen LogP contribution >= 0.6 is 0 Å². The third-order valence-electron chi connectivity index (χ3n) is 6.12. The number of nitrogens with one attached hydrogen (secondary N) is 3. The topological polar surface area (TPSA) is 123 Å². The van der Waals surface area contributed by atoms with Crippen LogP contribution in [0, 0.1) is 17.2 Å². The average molecular weight is 455 g/mol. The molecular weight excluding hydrogens is 428 g/mol. The van der Waals surface area contributed by atoms with Gasteiger partial charge in [-0.05, 0) is 30.7 Å². The van der Waals surface area contributed by atoms with Gasteiger partial charge in [-0.15, -0.1) is 0 Å². The monoisotopic (exact) mass is 454 g/mol. The molecule has 4 aromatic rings. The molecule has 4 N–H and O–H groups in total. The van der Waals surface area contributed by atoms with Crippen LogP contribution in [-0.4, -0.2) is 50.4 Å². The molecule has 0 radical (unpaired) electrons. The maximum absolute atomic E-state index is 10.2. The van der Waals surface area contributed by atoms with Gasteiger partial charge >= 0.3 is 0 Å². The number of benzene rings is 1. The SMILES string of the molecule is N#Cc1cnn2c(NCc3ccc(-c4ccccn4)cc3)cc(NC[C@H]3CCNC[C@@H]3O)nc12. The molecule has 1 aliphatic heterocycles. The van der Waals surface area contributed by atoms with E-state index in [0.29, 0.717) is 36.7 Å². The molecule has 0 spiro atoms. The van der Waals surface area contributed by atoms with Crippen molar-refractivity contribution in [3.8, 4) is 17.3 Å². The highest BCUT2D eigenvalue weighted by atomic mass is 16.3. The Balaban J connectivity index is 1.33. The molecule has 2 atom stereocenters. The van der Waals surface area contributed by atoms with Crippen molar-refractivity contribution >= 4 is 17.3 Å². The third kappa shape index (κ3) is 4.69. The fourth-order valence-electron chi connectivity index (χ4n) is 4.15. The van der Waals surface area contributed by atoms with Crippen molar-refractivity contribution in [2.24, 2.45) is 5.92 Å². The van der Waals surface area contributed by atoms with E-state index >= 15 is 0 Å². The summed E-state index contributed by atoms with van der Waals surface area (Å²) in [4.78, 5) is 8.99. The van der Waals surface area contributed by atoms with Crippen molar-refractivity contribution < 1.29 is 5.11 Å². The molecule has 4 heterocycles. The molecule has 0 saturated carbocycles. The van der Waals surface area contributed by atoms with Gasteiger partial charge in [0.25, 0.3) is 0 Å². The quantitative estimate of drug-likeness (QED) is 0.336. The fourth-order valence-corrected chi connectivity index (χ4v) is 4.15. The Morgan fingerprint density at radius 2 is 2.06 bits per heavy atom. The molecule has 172 valence electrons. The van der Waals surface area contributed by atoms with E-state index in [-0.39, 0.29) is 12.0 Å². The van der Waals surface area contributed by atoms with Crippen LogP contribution in [0.3, 0.4) is 0 Å². The minimum atomic E-state index is -0.388. The zero-order chi connectivity index (χ0) is 23.3. The standard InChI is InChI=1S/C25H26N8O/c26-12-20-15-31-33-24(11-23(32-25(20)33)29-14-19-8-10-27-16-22(19)34)30-13-17-4-6-18(7-5-17)21-3-1-2-9-28-21/h1-7,9,11,15,19,22,27,30,34H,8,10,13-14,16H2,(H,29,32)/t19-,22+/m1/s1. The number of pyridine rings is 1. The number of aromatic nitrogens is 4. The van der Waals surface area contributed by atoms with Crippen LogP contribution in [0.1, 0.15) is 17.5 Å². The number of aliphatic hydroxyl groups excluding tert-OH is 1. The van der Waals surface area contributed by atoms with Crippen molar-refractivity contribution in [3.05, 3.63) is 72.1 Å². The molecule has 1 fully saturated rings. The predicted octanol–water partition coefficient (Wildman–Crippen LogP) is 2.66. The Kier molecular flexibility index (Phi) is 6.33. The van der Waals surface area contributed by atoms with E-state index in [9.17, 15) is 10.4 Å². The molecule has 34 heavy (non-hydrogen) atoms. The van der Waals surface area contributed by atoms with Gasteiger partial charge < -0.3 is 21.1 Å². The highest BCUT2D eigenvalue weighted by molar-refractivity contribution is 5.63. The molecule has 0 amide bonds. The number of nitrogens with zero attached hydrogens (tertiary/aromatic N) is 5. The molecule has 1 saturated heterocycles. The first kappa shape index (κ1) is 21.8. The number of anilines is 2. The van der Waals surface area contributed by atoms with E-state index in [0.717, 1.165) is 35.6 Å². The molecule has 5 rings (SSSR count). The number of hydrogen-bond acceptors (Lipinski definition) is 8. The number of hydrogen-bond donors (Lipinski definition) is 4. The van der Waals surface area contributed by atoms with Gasteiger partial charge in [0.05, 0.1) is 18.0 Å². The fraction of sp³-hybridized carbons (Fsp3) is 0.280. The van der Waals surface area contributed by atoms with Gasteiger partial charge in [-0.1, -0.05) is 30.3 Å². The average Bonchev–Trinajstić information content (AvgIpc) is 3.31. The molecule has 9 nitrogen and oxygen atoms in total. The normalized spacial score (nSPS) is 17.9. The van der Waals surface area contributed by atoms with Crippen LogP contribution in [-0.2, 0) is 6.54 Å². The van der Waals surface area contributed by atoms with Crippen molar-refractivity contribution in [2.75, 3.05) is 30.3 Å². The maximum Gasteiger partial charge on any atom is 0.177 e. The molecular formula is C25H26N8O. The van der Waals surface area contributed by atoms with Crippen LogP contribution in [0.4, 0.5) is 11.6 Å². The van der Waals surface area contributed by atoms with E-state index in [1.165, 1.54) is 6.20 Å². The van der Waals surface area contributed by atoms with Crippen LogP contribution < -0.4 is 16.0 Å². The van der Waals surface area contributed by atoms with Gasteiger partial charge in [-0.2, -0.15) is 14.9 Å². The molecule has 1 aliphatic rings. The first-order chi connectivity index (χ1) is 16.7. The molecule has 9 heteroatoms. The van der Waals surface area contributed by atoms with Crippen LogP contribution in [0.15, 0.2) is 60.9 Å². The third-order valence-corrected chi connectivity index (χ3v) is 6.12. The lowest BCUT2D eigenvalue weighted by atomic mass is 9.95. The van der Waals surface area contributed by atoms with Crippen LogP contribution in [0.5, 0.6) is 0 Å². The Bertz CT molecular complexity index is 1300. The van der Waals surface area contributed by atoms with Crippen molar-refractivity contribution in [1.82, 2.24) is 24.9 Å². The first-order valence-electron chi connectivity index (χ1n) is 11.4. The summed E-state index contributed by atoms with van der Waals surface area (Å²) in [5.74, 6) is 1.52. The zero-order valence-corrected chi connectivity index (χ0v) is 18.6. The Morgan fingerprint density at radius 1 is 1.18 bits per heavy atom. The summed E-state index contributed by atoms with van der Waals surface area (Å²) in [7, 11) is 0. The Labute approximate surface area is 197 Å². The predicted molar refractivity (Wildman–Crippen MR) is 130 cm³/mol. The summed E-state index contributed by atoms with van der Waals surface area (Å²) in [6.07, 6.45) is 3.82. The Hall–Kier alpha value is -4.00. The minimum absolute atomic E-state index is 0.147. The molecule has 0 bridgehead atoms. The lowest BCUT2D eigenvalue weighted by Gasteiger charge is -2.28. The molecule has 1 aromatic carbocycles. The van der Waals surface area contributed by atoms with Crippen LogP contribution in [0.2, 0.25) is 0 Å². The second-order valence-electron chi connectivity index (χ2n) is 8.40. The number of nitriles is 1. The van der Waals surface area contributed by atoms with Gasteiger partial charge in [0.15, 0.2) is 5.65 Å². The smallest absolute Gasteiger partial charge is 0.177 e. The highest BCUT2D eigenvalue weighted by Gasteiger charge is 2.23. The summed E-state index contributed by atoms with van der Waals surface area (Å²) < 4.78 is 1.64. The van der Waals surface area contributed by atoms with Gasteiger partial charge in [0.2, 0.25) is 0 Å². The van der Waals surface area contributed by atoms with Crippen molar-refractivity contribution in [2.45, 2.75) is 19.1 Å². The zero-order valence-electron chi connectivity index (χ0n) is 18.6. The number of β-amino-alcohol motifs (C(OH)–C–C–N with tert-alkyl or cyclic N) is 1. The van der Waals surface area contributed by atoms with E-state index in [1.54, 1.807) is 10.7 Å². The minimum Gasteiger partial charge on any atom is -0.391 e. The maximum atomic E-state index is 10.2. The van der Waals surface area contributed by atoms with Crippen molar-refractivity contribution in [3.63, 3.8) is 0 Å². The number of rotatable bonds is 7. The molecule has 0 aliphatic carbocycles. The number of piperidine rings is 1. The van der Waals surface area contributed by atoms with Gasteiger partial charge in [-0.3, -0.25) is 4.98 Å².